The molecule has 1 aliphatic rings. The summed E-state index contributed by atoms with van der Waals surface area (Å²) >= 11 is 0. The predicted octanol–water partition coefficient (Wildman–Crippen LogP) is 3.28. The van der Waals surface area contributed by atoms with Crippen molar-refractivity contribution in [1.29, 1.82) is 0 Å². The van der Waals surface area contributed by atoms with E-state index in [9.17, 15) is 13.2 Å². The zero-order valence-corrected chi connectivity index (χ0v) is 18.1. The lowest BCUT2D eigenvalue weighted by Crippen LogP contribution is -2.38. The first kappa shape index (κ1) is 25.1. The summed E-state index contributed by atoms with van der Waals surface area (Å²) in [5, 5.41) is 6.41. The second-order valence-corrected chi connectivity index (χ2v) is 7.07. The predicted molar refractivity (Wildman–Crippen MR) is 112 cm³/mol. The molecule has 1 aliphatic heterocycles. The highest BCUT2D eigenvalue weighted by atomic mass is 19.4. The maximum Gasteiger partial charge on any atom is 0.422 e. The highest BCUT2D eigenvalue weighted by Crippen LogP contribution is 2.30. The fraction of sp³-hybridized carbons (Fsp3) is 0.667. The van der Waals surface area contributed by atoms with Crippen LogP contribution in [-0.4, -0.2) is 64.9 Å². The van der Waals surface area contributed by atoms with Crippen LogP contribution in [0.4, 0.5) is 13.2 Å². The van der Waals surface area contributed by atoms with Gasteiger partial charge in [0.25, 0.3) is 0 Å². The third-order valence-electron chi connectivity index (χ3n) is 4.47. The summed E-state index contributed by atoms with van der Waals surface area (Å²) < 4.78 is 58.2. The van der Waals surface area contributed by atoms with Crippen LogP contribution in [0, 0.1) is 0 Å². The Bertz CT molecular complexity index is 680. The topological polar surface area (TPSA) is 73.3 Å². The van der Waals surface area contributed by atoms with E-state index in [4.69, 9.17) is 18.9 Å². The van der Waals surface area contributed by atoms with Gasteiger partial charge in [-0.3, -0.25) is 0 Å². The van der Waals surface area contributed by atoms with Gasteiger partial charge in [-0.25, -0.2) is 4.99 Å². The molecule has 0 aliphatic carbocycles. The first-order valence-corrected chi connectivity index (χ1v) is 10.5. The second kappa shape index (κ2) is 13.3. The van der Waals surface area contributed by atoms with E-state index in [0.29, 0.717) is 38.8 Å². The average Bonchev–Trinajstić information content (AvgIpc) is 3.26. The monoisotopic (exact) mass is 447 g/mol. The Morgan fingerprint density at radius 3 is 2.77 bits per heavy atom. The summed E-state index contributed by atoms with van der Waals surface area (Å²) in [6.07, 6.45) is -1.18. The molecule has 0 spiro atoms. The van der Waals surface area contributed by atoms with Crippen molar-refractivity contribution in [3.8, 4) is 11.5 Å². The molecule has 1 unspecified atom stereocenters. The fourth-order valence-corrected chi connectivity index (χ4v) is 2.97. The van der Waals surface area contributed by atoms with E-state index >= 15 is 0 Å². The molecule has 1 heterocycles. The largest absolute Gasteiger partial charge is 0.493 e. The number of nitrogens with one attached hydrogen (secondary N) is 2. The van der Waals surface area contributed by atoms with Gasteiger partial charge in [0.2, 0.25) is 0 Å². The molecular formula is C21H32F3N3O4. The van der Waals surface area contributed by atoms with Crippen molar-refractivity contribution in [3.63, 3.8) is 0 Å². The molecule has 31 heavy (non-hydrogen) atoms. The van der Waals surface area contributed by atoms with Crippen LogP contribution in [0.1, 0.15) is 31.7 Å². The van der Waals surface area contributed by atoms with E-state index in [1.807, 2.05) is 6.92 Å². The molecule has 1 atom stereocenters. The Morgan fingerprint density at radius 2 is 2.10 bits per heavy atom. The second-order valence-electron chi connectivity index (χ2n) is 7.07. The van der Waals surface area contributed by atoms with Gasteiger partial charge >= 0.3 is 6.18 Å². The fourth-order valence-electron chi connectivity index (χ4n) is 2.97. The Labute approximate surface area is 181 Å². The Morgan fingerprint density at radius 1 is 1.26 bits per heavy atom. The van der Waals surface area contributed by atoms with Crippen LogP contribution in [0.5, 0.6) is 11.5 Å². The van der Waals surface area contributed by atoms with Gasteiger partial charge in [0, 0.05) is 26.3 Å². The third kappa shape index (κ3) is 10.1. The van der Waals surface area contributed by atoms with Crippen molar-refractivity contribution < 1.29 is 32.1 Å². The Kier molecular flexibility index (Phi) is 10.7. The number of nitrogens with zero attached hydrogens (tertiary/aromatic N) is 1. The van der Waals surface area contributed by atoms with E-state index in [0.717, 1.165) is 31.4 Å². The van der Waals surface area contributed by atoms with Crippen molar-refractivity contribution in [2.45, 2.75) is 45.0 Å². The summed E-state index contributed by atoms with van der Waals surface area (Å²) in [6.45, 7) is 4.44. The van der Waals surface area contributed by atoms with Crippen molar-refractivity contribution in [2.75, 3.05) is 46.6 Å². The minimum Gasteiger partial charge on any atom is -0.493 e. The van der Waals surface area contributed by atoms with E-state index in [1.54, 1.807) is 12.1 Å². The molecular weight excluding hydrogens is 415 g/mol. The number of alkyl halides is 3. The minimum absolute atomic E-state index is 0.0422. The number of benzene rings is 1. The Balaban J connectivity index is 1.78. The van der Waals surface area contributed by atoms with E-state index < -0.39 is 12.8 Å². The van der Waals surface area contributed by atoms with Crippen LogP contribution in [0.25, 0.3) is 0 Å². The number of hydrogen-bond donors (Lipinski definition) is 2. The van der Waals surface area contributed by atoms with Gasteiger partial charge in [-0.1, -0.05) is 6.07 Å². The standard InChI is InChI=1S/C21H32F3N3O4/c1-3-25-20(26-9-5-10-29-14-17-6-4-11-30-17)27-13-16-7-8-18(19(12-16)28-2)31-15-21(22,23)24/h7-8,12,17H,3-6,9-11,13-15H2,1-2H3,(H2,25,26,27). The lowest BCUT2D eigenvalue weighted by Gasteiger charge is -2.14. The number of methoxy groups -OCH3 is 1. The maximum absolute atomic E-state index is 12.4. The lowest BCUT2D eigenvalue weighted by molar-refractivity contribution is -0.153. The zero-order chi connectivity index (χ0) is 22.5. The molecule has 0 amide bonds. The SMILES string of the molecule is CCNC(=NCc1ccc(OCC(F)(F)F)c(OC)c1)NCCCOCC1CCCO1. The summed E-state index contributed by atoms with van der Waals surface area (Å²) in [5.41, 5.74) is 0.785. The first-order valence-electron chi connectivity index (χ1n) is 10.5. The van der Waals surface area contributed by atoms with Gasteiger partial charge in [0.1, 0.15) is 0 Å². The van der Waals surface area contributed by atoms with Crippen molar-refractivity contribution in [1.82, 2.24) is 10.6 Å². The molecule has 7 nitrogen and oxygen atoms in total. The molecule has 0 radical (unpaired) electrons. The number of hydrogen-bond acceptors (Lipinski definition) is 5. The van der Waals surface area contributed by atoms with Crippen molar-refractivity contribution in [2.24, 2.45) is 4.99 Å². The van der Waals surface area contributed by atoms with E-state index in [1.165, 1.54) is 13.2 Å². The summed E-state index contributed by atoms with van der Waals surface area (Å²) in [4.78, 5) is 4.51. The van der Waals surface area contributed by atoms with Gasteiger partial charge < -0.3 is 29.6 Å². The molecule has 176 valence electrons. The number of aliphatic imine (C=N–C) groups is 1. The van der Waals surface area contributed by atoms with Gasteiger partial charge in [0.15, 0.2) is 24.1 Å². The first-order chi connectivity index (χ1) is 14.9. The van der Waals surface area contributed by atoms with Gasteiger partial charge in [-0.15, -0.1) is 0 Å². The molecule has 0 bridgehead atoms. The molecule has 1 fully saturated rings. The lowest BCUT2D eigenvalue weighted by atomic mass is 10.2. The van der Waals surface area contributed by atoms with E-state index in [-0.39, 0.29) is 17.6 Å². The van der Waals surface area contributed by atoms with Crippen LogP contribution in [0.15, 0.2) is 23.2 Å². The molecule has 2 N–H and O–H groups in total. The molecule has 2 rings (SSSR count). The number of halogens is 3. The minimum atomic E-state index is -4.41. The smallest absolute Gasteiger partial charge is 0.422 e. The highest BCUT2D eigenvalue weighted by molar-refractivity contribution is 5.79. The van der Waals surface area contributed by atoms with Crippen LogP contribution in [0.2, 0.25) is 0 Å². The number of rotatable bonds is 12. The van der Waals surface area contributed by atoms with Gasteiger partial charge in [0.05, 0.1) is 26.4 Å². The maximum atomic E-state index is 12.4. The van der Waals surface area contributed by atoms with E-state index in [2.05, 4.69) is 15.6 Å². The quantitative estimate of drug-likeness (QED) is 0.291. The van der Waals surface area contributed by atoms with Gasteiger partial charge in [-0.2, -0.15) is 13.2 Å². The molecule has 0 saturated carbocycles. The van der Waals surface area contributed by atoms with Crippen LogP contribution < -0.4 is 20.1 Å². The molecule has 10 heteroatoms. The normalized spacial score (nSPS) is 16.9. The number of ether oxygens (including phenoxy) is 4. The average molecular weight is 447 g/mol. The van der Waals surface area contributed by atoms with Crippen molar-refractivity contribution in [3.05, 3.63) is 23.8 Å². The van der Waals surface area contributed by atoms with Gasteiger partial charge in [-0.05, 0) is 43.9 Å². The van der Waals surface area contributed by atoms with Crippen LogP contribution in [-0.2, 0) is 16.0 Å². The molecule has 1 aromatic rings. The third-order valence-corrected chi connectivity index (χ3v) is 4.47. The highest BCUT2D eigenvalue weighted by Gasteiger charge is 2.29. The molecule has 1 saturated heterocycles. The molecule has 0 aromatic heterocycles. The van der Waals surface area contributed by atoms with Crippen LogP contribution in [0.3, 0.4) is 0 Å². The zero-order valence-electron chi connectivity index (χ0n) is 18.1. The molecule has 1 aromatic carbocycles. The summed E-state index contributed by atoms with van der Waals surface area (Å²) in [7, 11) is 1.38. The van der Waals surface area contributed by atoms with Crippen molar-refractivity contribution >= 4 is 5.96 Å². The van der Waals surface area contributed by atoms with Crippen LogP contribution >= 0.6 is 0 Å². The summed E-state index contributed by atoms with van der Waals surface area (Å²) in [5.74, 6) is 0.928. The number of guanidine groups is 1. The Hall–Kier alpha value is -2.20. The summed E-state index contributed by atoms with van der Waals surface area (Å²) in [6, 6.07) is 4.75.